The van der Waals surface area contributed by atoms with E-state index < -0.39 is 6.10 Å². The lowest BCUT2D eigenvalue weighted by Crippen LogP contribution is -2.46. The van der Waals surface area contributed by atoms with E-state index in [1.807, 2.05) is 24.3 Å². The number of pyridine rings is 1. The molecular formula is C22H27N5O4. The Balaban J connectivity index is 1.33. The van der Waals surface area contributed by atoms with E-state index in [4.69, 9.17) is 9.84 Å². The second-order valence-corrected chi connectivity index (χ2v) is 7.68. The first-order chi connectivity index (χ1) is 15.1. The van der Waals surface area contributed by atoms with Crippen molar-refractivity contribution in [3.05, 3.63) is 47.8 Å². The summed E-state index contributed by atoms with van der Waals surface area (Å²) in [4.78, 5) is 32.6. The van der Waals surface area contributed by atoms with Crippen LogP contribution in [0.25, 0.3) is 0 Å². The maximum absolute atomic E-state index is 12.1. The lowest BCUT2D eigenvalue weighted by Gasteiger charge is -2.36. The molecule has 1 aromatic heterocycles. The Bertz CT molecular complexity index is 941. The fourth-order valence-corrected chi connectivity index (χ4v) is 3.86. The number of carbonyl (C=O) groups excluding carboxylic acids is 2. The summed E-state index contributed by atoms with van der Waals surface area (Å²) < 4.78 is 5.70. The number of aliphatic hydroxyl groups is 1. The molecule has 3 N–H and O–H groups in total. The summed E-state index contributed by atoms with van der Waals surface area (Å²) in [7, 11) is 1.59. The SMILES string of the molecule is CNC(=O)c1ccc(N2CCN(Cc3ccc4c(c3)NC(=O)[C@H](CCO)O4)CC2)cn1. The van der Waals surface area contributed by atoms with Gasteiger partial charge in [0, 0.05) is 52.8 Å². The van der Waals surface area contributed by atoms with Crippen molar-refractivity contribution in [3.63, 3.8) is 0 Å². The highest BCUT2D eigenvalue weighted by molar-refractivity contribution is 5.97. The average Bonchev–Trinajstić information content (AvgIpc) is 2.80. The van der Waals surface area contributed by atoms with Crippen molar-refractivity contribution >= 4 is 23.2 Å². The molecule has 2 aromatic rings. The van der Waals surface area contributed by atoms with Gasteiger partial charge in [0.2, 0.25) is 0 Å². The Labute approximate surface area is 181 Å². The first-order valence-electron chi connectivity index (χ1n) is 10.4. The standard InChI is InChI=1S/C22H27N5O4/c1-23-21(29)17-4-3-16(13-24-17)27-9-7-26(8-10-27)14-15-2-5-19-18(12-15)25-22(30)20(31-19)6-11-28/h2-5,12-13,20,28H,6-11,14H2,1H3,(H,23,29)(H,25,30)/t20-/m0/s1. The van der Waals surface area contributed by atoms with Crippen LogP contribution in [-0.4, -0.2) is 72.7 Å². The van der Waals surface area contributed by atoms with Gasteiger partial charge in [0.15, 0.2) is 6.10 Å². The van der Waals surface area contributed by atoms with E-state index in [-0.39, 0.29) is 24.8 Å². The van der Waals surface area contributed by atoms with Crippen LogP contribution in [0.15, 0.2) is 36.5 Å². The summed E-state index contributed by atoms with van der Waals surface area (Å²) in [5, 5.41) is 14.5. The van der Waals surface area contributed by atoms with Crippen LogP contribution in [0.3, 0.4) is 0 Å². The largest absolute Gasteiger partial charge is 0.478 e. The molecule has 2 aliphatic rings. The minimum absolute atomic E-state index is 0.0915. The summed E-state index contributed by atoms with van der Waals surface area (Å²) in [6.07, 6.45) is 1.38. The van der Waals surface area contributed by atoms with Gasteiger partial charge >= 0.3 is 0 Å². The summed E-state index contributed by atoms with van der Waals surface area (Å²) in [6.45, 7) is 4.23. The first kappa shape index (κ1) is 21.1. The molecule has 0 spiro atoms. The van der Waals surface area contributed by atoms with Crippen molar-refractivity contribution < 1.29 is 19.4 Å². The molecule has 2 amide bonds. The van der Waals surface area contributed by atoms with Crippen LogP contribution in [0.4, 0.5) is 11.4 Å². The number of carbonyl (C=O) groups is 2. The number of benzene rings is 1. The topological polar surface area (TPSA) is 107 Å². The zero-order valence-corrected chi connectivity index (χ0v) is 17.5. The maximum Gasteiger partial charge on any atom is 0.269 e. The van der Waals surface area contributed by atoms with Crippen LogP contribution in [0.1, 0.15) is 22.5 Å². The number of aliphatic hydroxyl groups excluding tert-OH is 1. The number of ether oxygens (including phenoxy) is 1. The smallest absolute Gasteiger partial charge is 0.269 e. The number of nitrogens with zero attached hydrogens (tertiary/aromatic N) is 3. The quantitative estimate of drug-likeness (QED) is 0.630. The van der Waals surface area contributed by atoms with Crippen molar-refractivity contribution in [1.29, 1.82) is 0 Å². The maximum atomic E-state index is 12.1. The number of hydrogen-bond acceptors (Lipinski definition) is 7. The molecule has 0 bridgehead atoms. The number of aromatic nitrogens is 1. The molecule has 9 nitrogen and oxygen atoms in total. The molecule has 164 valence electrons. The van der Waals surface area contributed by atoms with Crippen molar-refractivity contribution in [1.82, 2.24) is 15.2 Å². The minimum atomic E-state index is -0.642. The molecule has 1 aromatic carbocycles. The average molecular weight is 425 g/mol. The number of amides is 2. The molecule has 4 rings (SSSR count). The zero-order valence-electron chi connectivity index (χ0n) is 17.5. The van der Waals surface area contributed by atoms with Crippen LogP contribution in [0, 0.1) is 0 Å². The Morgan fingerprint density at radius 1 is 1.26 bits per heavy atom. The highest BCUT2D eigenvalue weighted by Crippen LogP contribution is 2.31. The van der Waals surface area contributed by atoms with Crippen LogP contribution in [0.2, 0.25) is 0 Å². The number of piperazine rings is 1. The van der Waals surface area contributed by atoms with Gasteiger partial charge < -0.3 is 25.4 Å². The molecule has 9 heteroatoms. The third kappa shape index (κ3) is 4.78. The number of nitrogens with one attached hydrogen (secondary N) is 2. The molecule has 1 atom stereocenters. The predicted octanol–water partition coefficient (Wildman–Crippen LogP) is 0.845. The summed E-state index contributed by atoms with van der Waals surface area (Å²) in [6, 6.07) is 9.53. The van der Waals surface area contributed by atoms with E-state index in [9.17, 15) is 9.59 Å². The fraction of sp³-hybridized carbons (Fsp3) is 0.409. The van der Waals surface area contributed by atoms with E-state index in [0.29, 0.717) is 17.1 Å². The zero-order chi connectivity index (χ0) is 21.8. The van der Waals surface area contributed by atoms with Crippen LogP contribution in [-0.2, 0) is 11.3 Å². The van der Waals surface area contributed by atoms with Gasteiger partial charge in [-0.25, -0.2) is 4.98 Å². The number of hydrogen-bond donors (Lipinski definition) is 3. The highest BCUT2D eigenvalue weighted by Gasteiger charge is 2.27. The molecule has 0 unspecified atom stereocenters. The van der Waals surface area contributed by atoms with Crippen LogP contribution < -0.4 is 20.3 Å². The van der Waals surface area contributed by atoms with Crippen LogP contribution >= 0.6 is 0 Å². The van der Waals surface area contributed by atoms with Gasteiger partial charge in [0.05, 0.1) is 17.6 Å². The van der Waals surface area contributed by atoms with E-state index in [0.717, 1.165) is 44.0 Å². The van der Waals surface area contributed by atoms with Gasteiger partial charge in [-0.3, -0.25) is 14.5 Å². The molecular weight excluding hydrogens is 398 g/mol. The summed E-state index contributed by atoms with van der Waals surface area (Å²) >= 11 is 0. The lowest BCUT2D eigenvalue weighted by molar-refractivity contribution is -0.124. The number of rotatable bonds is 6. The Hall–Kier alpha value is -3.17. The van der Waals surface area contributed by atoms with Gasteiger partial charge in [-0.1, -0.05) is 6.07 Å². The molecule has 3 heterocycles. The minimum Gasteiger partial charge on any atom is -0.478 e. The van der Waals surface area contributed by atoms with E-state index in [2.05, 4.69) is 25.4 Å². The predicted molar refractivity (Wildman–Crippen MR) is 116 cm³/mol. The van der Waals surface area contributed by atoms with Gasteiger partial charge in [-0.05, 0) is 29.8 Å². The van der Waals surface area contributed by atoms with Gasteiger partial charge in [-0.15, -0.1) is 0 Å². The van der Waals surface area contributed by atoms with Crippen molar-refractivity contribution in [2.45, 2.75) is 19.1 Å². The number of fused-ring (bicyclic) bond motifs is 1. The summed E-state index contributed by atoms with van der Waals surface area (Å²) in [5.41, 5.74) is 3.21. The number of anilines is 2. The molecule has 31 heavy (non-hydrogen) atoms. The van der Waals surface area contributed by atoms with Crippen molar-refractivity contribution in [3.8, 4) is 5.75 Å². The monoisotopic (exact) mass is 425 g/mol. The second kappa shape index (κ2) is 9.32. The van der Waals surface area contributed by atoms with E-state index in [1.165, 1.54) is 0 Å². The Kier molecular flexibility index (Phi) is 6.34. The molecule has 0 aliphatic carbocycles. The van der Waals surface area contributed by atoms with Gasteiger partial charge in [0.25, 0.3) is 11.8 Å². The van der Waals surface area contributed by atoms with Gasteiger partial charge in [-0.2, -0.15) is 0 Å². The molecule has 0 saturated carbocycles. The molecule has 1 fully saturated rings. The summed E-state index contributed by atoms with van der Waals surface area (Å²) in [5.74, 6) is 0.231. The van der Waals surface area contributed by atoms with Gasteiger partial charge in [0.1, 0.15) is 11.4 Å². The Morgan fingerprint density at radius 3 is 2.74 bits per heavy atom. The molecule has 2 aliphatic heterocycles. The fourth-order valence-electron chi connectivity index (χ4n) is 3.86. The van der Waals surface area contributed by atoms with Crippen LogP contribution in [0.5, 0.6) is 5.75 Å². The van der Waals surface area contributed by atoms with E-state index in [1.54, 1.807) is 19.3 Å². The van der Waals surface area contributed by atoms with Crippen molar-refractivity contribution in [2.24, 2.45) is 0 Å². The lowest BCUT2D eigenvalue weighted by atomic mass is 10.1. The Morgan fingerprint density at radius 2 is 2.06 bits per heavy atom. The highest BCUT2D eigenvalue weighted by atomic mass is 16.5. The van der Waals surface area contributed by atoms with Crippen molar-refractivity contribution in [2.75, 3.05) is 50.1 Å². The molecule has 0 radical (unpaired) electrons. The first-order valence-corrected chi connectivity index (χ1v) is 10.4. The third-order valence-corrected chi connectivity index (χ3v) is 5.61. The van der Waals surface area contributed by atoms with E-state index >= 15 is 0 Å². The third-order valence-electron chi connectivity index (χ3n) is 5.61. The molecule has 1 saturated heterocycles. The second-order valence-electron chi connectivity index (χ2n) is 7.68. The normalized spacial score (nSPS) is 18.7.